The zero-order valence-electron chi connectivity index (χ0n) is 13.6. The molecule has 0 saturated carbocycles. The second-order valence-corrected chi connectivity index (χ2v) is 5.99. The number of nitrogens with one attached hydrogen (secondary N) is 1. The molecule has 1 heterocycles. The summed E-state index contributed by atoms with van der Waals surface area (Å²) in [5.74, 6) is 0.197. The summed E-state index contributed by atoms with van der Waals surface area (Å²) < 4.78 is 1.27. The molecule has 26 heavy (non-hydrogen) atoms. The maximum atomic E-state index is 13.1. The summed E-state index contributed by atoms with van der Waals surface area (Å²) in [5.41, 5.74) is 0.685. The Morgan fingerprint density at radius 3 is 2.77 bits per heavy atom. The molecule has 8 heteroatoms. The van der Waals surface area contributed by atoms with Crippen LogP contribution in [0.1, 0.15) is 24.4 Å². The number of carboxylic acid groups (broad SMARTS) is 1. The second-order valence-electron chi connectivity index (χ2n) is 5.58. The maximum absolute atomic E-state index is 13.1. The molecule has 0 bridgehead atoms. The molecule has 1 unspecified atom stereocenters. The van der Waals surface area contributed by atoms with Gasteiger partial charge in [0.15, 0.2) is 0 Å². The first-order valence-electron chi connectivity index (χ1n) is 7.63. The fraction of sp³-hybridized carbons (Fsp3) is 0.111. The lowest BCUT2D eigenvalue weighted by Gasteiger charge is -2.19. The highest BCUT2D eigenvalue weighted by molar-refractivity contribution is 6.35. The molecule has 0 aliphatic rings. The molecule has 0 fully saturated rings. The van der Waals surface area contributed by atoms with Gasteiger partial charge < -0.3 is 10.4 Å². The lowest BCUT2D eigenvalue weighted by Crippen LogP contribution is -2.32. The largest absolute Gasteiger partial charge is 0.465 e. The molecule has 2 aromatic carbocycles. The van der Waals surface area contributed by atoms with Gasteiger partial charge in [-0.25, -0.2) is 9.78 Å². The van der Waals surface area contributed by atoms with Gasteiger partial charge in [0.1, 0.15) is 5.82 Å². The molecule has 1 atom stereocenters. The number of nitriles is 1. The van der Waals surface area contributed by atoms with Crippen molar-refractivity contribution in [3.8, 4) is 11.8 Å². The standard InChI is InChI=1S/C18H13ClN4O3/c1-10(21-18(25)26)16-22-14-7-3-6-13(19)15(14)17(24)23(16)12-5-2-4-11(8-12)9-20/h2-8,10,21H,1H3,(H,25,26). The summed E-state index contributed by atoms with van der Waals surface area (Å²) >= 11 is 6.18. The number of benzene rings is 2. The normalized spacial score (nSPS) is 11.7. The average Bonchev–Trinajstić information content (AvgIpc) is 2.60. The Morgan fingerprint density at radius 1 is 1.35 bits per heavy atom. The topological polar surface area (TPSA) is 108 Å². The predicted molar refractivity (Wildman–Crippen MR) is 96.6 cm³/mol. The van der Waals surface area contributed by atoms with Crippen LogP contribution in [0.15, 0.2) is 47.3 Å². The van der Waals surface area contributed by atoms with Gasteiger partial charge >= 0.3 is 6.09 Å². The van der Waals surface area contributed by atoms with Crippen molar-refractivity contribution in [2.75, 3.05) is 0 Å². The van der Waals surface area contributed by atoms with Crippen LogP contribution in [0.2, 0.25) is 5.02 Å². The number of hydrogen-bond acceptors (Lipinski definition) is 4. The summed E-state index contributed by atoms with van der Waals surface area (Å²) in [5, 5.41) is 20.9. The van der Waals surface area contributed by atoms with E-state index in [1.807, 2.05) is 6.07 Å². The van der Waals surface area contributed by atoms with Crippen LogP contribution in [-0.4, -0.2) is 20.8 Å². The van der Waals surface area contributed by atoms with Crippen LogP contribution in [0.4, 0.5) is 4.79 Å². The van der Waals surface area contributed by atoms with Crippen molar-refractivity contribution >= 4 is 28.6 Å². The maximum Gasteiger partial charge on any atom is 0.405 e. The van der Waals surface area contributed by atoms with Crippen LogP contribution in [0, 0.1) is 11.3 Å². The lowest BCUT2D eigenvalue weighted by atomic mass is 10.1. The van der Waals surface area contributed by atoms with E-state index in [1.54, 1.807) is 43.3 Å². The highest BCUT2D eigenvalue weighted by Crippen LogP contribution is 2.23. The van der Waals surface area contributed by atoms with E-state index in [4.69, 9.17) is 22.0 Å². The second kappa shape index (κ2) is 6.86. The first kappa shape index (κ1) is 17.5. The van der Waals surface area contributed by atoms with Crippen LogP contribution in [0.25, 0.3) is 16.6 Å². The van der Waals surface area contributed by atoms with Crippen molar-refractivity contribution in [3.05, 3.63) is 69.2 Å². The average molecular weight is 369 g/mol. The van der Waals surface area contributed by atoms with Gasteiger partial charge in [0.2, 0.25) is 0 Å². The number of nitrogens with zero attached hydrogens (tertiary/aromatic N) is 3. The molecule has 3 aromatic rings. The summed E-state index contributed by atoms with van der Waals surface area (Å²) in [6.07, 6.45) is -1.24. The number of aromatic nitrogens is 2. The van der Waals surface area contributed by atoms with E-state index in [1.165, 1.54) is 10.6 Å². The van der Waals surface area contributed by atoms with E-state index in [9.17, 15) is 9.59 Å². The van der Waals surface area contributed by atoms with Crippen molar-refractivity contribution in [1.82, 2.24) is 14.9 Å². The van der Waals surface area contributed by atoms with Crippen molar-refractivity contribution in [1.29, 1.82) is 5.26 Å². The van der Waals surface area contributed by atoms with E-state index in [-0.39, 0.29) is 16.2 Å². The molecule has 0 spiro atoms. The minimum absolute atomic E-state index is 0.197. The minimum atomic E-state index is -1.24. The van der Waals surface area contributed by atoms with Crippen molar-refractivity contribution in [2.24, 2.45) is 0 Å². The first-order valence-corrected chi connectivity index (χ1v) is 8.01. The fourth-order valence-electron chi connectivity index (χ4n) is 2.71. The Labute approximate surface area is 153 Å². The third kappa shape index (κ3) is 3.10. The van der Waals surface area contributed by atoms with E-state index in [0.29, 0.717) is 16.8 Å². The highest BCUT2D eigenvalue weighted by Gasteiger charge is 2.20. The predicted octanol–water partition coefficient (Wildman–Crippen LogP) is 3.24. The van der Waals surface area contributed by atoms with Crippen molar-refractivity contribution in [2.45, 2.75) is 13.0 Å². The SMILES string of the molecule is CC(NC(=O)O)c1nc2cccc(Cl)c2c(=O)n1-c1cccc(C#N)c1. The minimum Gasteiger partial charge on any atom is -0.465 e. The molecule has 0 saturated heterocycles. The Kier molecular flexibility index (Phi) is 4.61. The van der Waals surface area contributed by atoms with E-state index >= 15 is 0 Å². The van der Waals surface area contributed by atoms with Crippen LogP contribution in [-0.2, 0) is 0 Å². The number of amides is 1. The fourth-order valence-corrected chi connectivity index (χ4v) is 2.96. The zero-order chi connectivity index (χ0) is 18.8. The van der Waals surface area contributed by atoms with Gasteiger partial charge in [-0.2, -0.15) is 5.26 Å². The molecule has 1 aromatic heterocycles. The van der Waals surface area contributed by atoms with Gasteiger partial charge in [-0.3, -0.25) is 9.36 Å². The number of fused-ring (bicyclic) bond motifs is 1. The number of hydrogen-bond donors (Lipinski definition) is 2. The van der Waals surface area contributed by atoms with Crippen LogP contribution in [0.5, 0.6) is 0 Å². The Balaban J connectivity index is 2.39. The summed E-state index contributed by atoms with van der Waals surface area (Å²) in [6.45, 7) is 1.58. The van der Waals surface area contributed by atoms with E-state index in [2.05, 4.69) is 10.3 Å². The molecule has 1 amide bonds. The molecule has 0 aliphatic carbocycles. The lowest BCUT2D eigenvalue weighted by molar-refractivity contribution is 0.190. The summed E-state index contributed by atoms with van der Waals surface area (Å²) in [6, 6.07) is 12.5. The molecule has 7 nitrogen and oxygen atoms in total. The van der Waals surface area contributed by atoms with Gasteiger partial charge in [0.05, 0.1) is 39.3 Å². The van der Waals surface area contributed by atoms with Gasteiger partial charge in [-0.05, 0) is 37.3 Å². The van der Waals surface area contributed by atoms with Crippen LogP contribution in [0.3, 0.4) is 0 Å². The monoisotopic (exact) mass is 368 g/mol. The third-order valence-corrected chi connectivity index (χ3v) is 4.15. The van der Waals surface area contributed by atoms with Crippen molar-refractivity contribution in [3.63, 3.8) is 0 Å². The molecule has 2 N–H and O–H groups in total. The summed E-state index contributed by atoms with van der Waals surface area (Å²) in [7, 11) is 0. The molecule has 3 rings (SSSR count). The zero-order valence-corrected chi connectivity index (χ0v) is 14.4. The number of halogens is 1. The molecule has 0 radical (unpaired) electrons. The van der Waals surface area contributed by atoms with Gasteiger partial charge in [0, 0.05) is 0 Å². The van der Waals surface area contributed by atoms with E-state index < -0.39 is 17.7 Å². The van der Waals surface area contributed by atoms with Gasteiger partial charge in [0.25, 0.3) is 5.56 Å². The molecular weight excluding hydrogens is 356 g/mol. The van der Waals surface area contributed by atoms with Crippen LogP contribution < -0.4 is 10.9 Å². The van der Waals surface area contributed by atoms with Crippen molar-refractivity contribution < 1.29 is 9.90 Å². The quantitative estimate of drug-likeness (QED) is 0.737. The number of rotatable bonds is 3. The van der Waals surface area contributed by atoms with Crippen LogP contribution >= 0.6 is 11.6 Å². The summed E-state index contributed by atoms with van der Waals surface area (Å²) in [4.78, 5) is 28.6. The first-order chi connectivity index (χ1) is 12.4. The van der Waals surface area contributed by atoms with Gasteiger partial charge in [-0.15, -0.1) is 0 Å². The smallest absolute Gasteiger partial charge is 0.405 e. The van der Waals surface area contributed by atoms with Gasteiger partial charge in [-0.1, -0.05) is 23.7 Å². The van der Waals surface area contributed by atoms with E-state index in [0.717, 1.165) is 0 Å². The Hall–Kier alpha value is -3.37. The highest BCUT2D eigenvalue weighted by atomic mass is 35.5. The Bertz CT molecular complexity index is 1120. The molecule has 130 valence electrons. The molecular formula is C18H13ClN4O3. The molecule has 0 aliphatic heterocycles. The number of carbonyl (C=O) groups is 1. The Morgan fingerprint density at radius 2 is 2.08 bits per heavy atom. The third-order valence-electron chi connectivity index (χ3n) is 3.83.